The first-order valence-electron chi connectivity index (χ1n) is 8.42. The second-order valence-corrected chi connectivity index (χ2v) is 7.06. The number of amides is 1. The number of aliphatic carboxylic acids is 1. The molecule has 2 aliphatic rings. The van der Waals surface area contributed by atoms with E-state index in [1.54, 1.807) is 17.0 Å². The Morgan fingerprint density at radius 3 is 2.46 bits per heavy atom. The quantitative estimate of drug-likeness (QED) is 0.885. The highest BCUT2D eigenvalue weighted by atomic mass is 35.5. The van der Waals surface area contributed by atoms with Crippen molar-refractivity contribution in [2.24, 2.45) is 5.92 Å². The molecule has 1 aliphatic heterocycles. The zero-order valence-electron chi connectivity index (χ0n) is 13.5. The largest absolute Gasteiger partial charge is 0.481 e. The third-order valence-corrected chi connectivity index (χ3v) is 5.28. The van der Waals surface area contributed by atoms with Gasteiger partial charge in [-0.05, 0) is 30.5 Å². The van der Waals surface area contributed by atoms with Crippen molar-refractivity contribution in [1.82, 2.24) is 4.90 Å². The molecule has 2 fully saturated rings. The fourth-order valence-electron chi connectivity index (χ4n) is 3.64. The number of carboxylic acids is 1. The number of benzene rings is 1. The van der Waals surface area contributed by atoms with E-state index >= 15 is 0 Å². The van der Waals surface area contributed by atoms with E-state index in [1.165, 1.54) is 0 Å². The Hall–Kier alpha value is -1.59. The van der Waals surface area contributed by atoms with E-state index in [1.807, 2.05) is 12.1 Å². The Labute approximate surface area is 146 Å². The molecule has 0 aromatic heterocycles. The number of carbonyl (C=O) groups excluding carboxylic acids is 1. The maximum atomic E-state index is 12.4. The molecule has 0 bridgehead atoms. The molecule has 1 saturated carbocycles. The molecular weight excluding hydrogens is 330 g/mol. The Morgan fingerprint density at radius 1 is 1.17 bits per heavy atom. The highest BCUT2D eigenvalue weighted by Crippen LogP contribution is 2.33. The minimum atomic E-state index is -0.873. The summed E-state index contributed by atoms with van der Waals surface area (Å²) >= 11 is 5.90. The number of ether oxygens (including phenoxy) is 1. The lowest BCUT2D eigenvalue weighted by atomic mass is 9.89. The fourth-order valence-corrected chi connectivity index (χ4v) is 3.77. The average molecular weight is 352 g/mol. The van der Waals surface area contributed by atoms with Gasteiger partial charge in [-0.15, -0.1) is 0 Å². The van der Waals surface area contributed by atoms with Gasteiger partial charge in [-0.1, -0.05) is 36.6 Å². The smallest absolute Gasteiger partial charge is 0.308 e. The lowest BCUT2D eigenvalue weighted by Gasteiger charge is -2.18. The van der Waals surface area contributed by atoms with Gasteiger partial charge in [-0.25, -0.2) is 0 Å². The molecule has 24 heavy (non-hydrogen) atoms. The number of rotatable bonds is 5. The molecule has 5 nitrogen and oxygen atoms in total. The van der Waals surface area contributed by atoms with Crippen LogP contribution in [0.2, 0.25) is 5.02 Å². The van der Waals surface area contributed by atoms with E-state index in [9.17, 15) is 14.7 Å². The van der Waals surface area contributed by atoms with Gasteiger partial charge in [0, 0.05) is 24.0 Å². The van der Waals surface area contributed by atoms with Crippen LogP contribution in [0.25, 0.3) is 0 Å². The van der Waals surface area contributed by atoms with E-state index < -0.39 is 11.9 Å². The van der Waals surface area contributed by atoms with Crippen LogP contribution in [-0.4, -0.2) is 47.7 Å². The Morgan fingerprint density at radius 2 is 1.83 bits per heavy atom. The molecular formula is C18H22ClNO4. The van der Waals surface area contributed by atoms with Crippen molar-refractivity contribution in [3.05, 3.63) is 34.9 Å². The Balaban J connectivity index is 1.64. The third kappa shape index (κ3) is 3.90. The van der Waals surface area contributed by atoms with Gasteiger partial charge in [0.1, 0.15) is 6.61 Å². The number of hydrogen-bond acceptors (Lipinski definition) is 3. The van der Waals surface area contributed by atoms with Crippen molar-refractivity contribution in [2.45, 2.75) is 37.7 Å². The number of hydrogen-bond donors (Lipinski definition) is 1. The molecule has 0 spiro atoms. The molecule has 1 aromatic carbocycles. The van der Waals surface area contributed by atoms with Gasteiger partial charge in [0.25, 0.3) is 0 Å². The summed E-state index contributed by atoms with van der Waals surface area (Å²) in [6.45, 7) is 0.686. The van der Waals surface area contributed by atoms with E-state index in [0.29, 0.717) is 11.6 Å². The minimum absolute atomic E-state index is 0.0460. The van der Waals surface area contributed by atoms with E-state index in [2.05, 4.69) is 0 Å². The van der Waals surface area contributed by atoms with Crippen LogP contribution in [0.5, 0.6) is 0 Å². The van der Waals surface area contributed by atoms with Crippen LogP contribution in [-0.2, 0) is 14.3 Å². The minimum Gasteiger partial charge on any atom is -0.481 e. The summed E-state index contributed by atoms with van der Waals surface area (Å²) in [5.74, 6) is -1.80. The second kappa shape index (κ2) is 7.53. The van der Waals surface area contributed by atoms with Crippen molar-refractivity contribution in [3.8, 4) is 0 Å². The summed E-state index contributed by atoms with van der Waals surface area (Å²) in [7, 11) is 0. The Kier molecular flexibility index (Phi) is 5.41. The van der Waals surface area contributed by atoms with Crippen molar-refractivity contribution >= 4 is 23.5 Å². The average Bonchev–Trinajstić information content (AvgIpc) is 3.23. The fraction of sp³-hybridized carbons (Fsp3) is 0.556. The van der Waals surface area contributed by atoms with Crippen LogP contribution in [0.4, 0.5) is 0 Å². The molecule has 1 aromatic rings. The van der Waals surface area contributed by atoms with Crippen LogP contribution in [0.15, 0.2) is 24.3 Å². The monoisotopic (exact) mass is 351 g/mol. The molecule has 0 radical (unpaired) electrons. The molecule has 130 valence electrons. The summed E-state index contributed by atoms with van der Waals surface area (Å²) in [5, 5.41) is 10.1. The summed E-state index contributed by atoms with van der Waals surface area (Å²) in [5.41, 5.74) is 0.902. The van der Waals surface area contributed by atoms with Crippen molar-refractivity contribution < 1.29 is 19.4 Å². The van der Waals surface area contributed by atoms with Gasteiger partial charge in [-0.2, -0.15) is 0 Å². The predicted molar refractivity (Wildman–Crippen MR) is 90.1 cm³/mol. The molecule has 1 heterocycles. The molecule has 0 unspecified atom stereocenters. The SMILES string of the molecule is O=C(O)[C@@H]1CN(C(=O)COC2CCCC2)C[C@H]1c1ccc(Cl)cc1. The zero-order chi connectivity index (χ0) is 17.1. The molecule has 1 aliphatic carbocycles. The number of halogens is 1. The van der Waals surface area contributed by atoms with Gasteiger partial charge < -0.3 is 14.7 Å². The molecule has 2 atom stereocenters. The molecule has 1 N–H and O–H groups in total. The number of nitrogens with zero attached hydrogens (tertiary/aromatic N) is 1. The van der Waals surface area contributed by atoms with Gasteiger partial charge in [0.05, 0.1) is 12.0 Å². The van der Waals surface area contributed by atoms with Crippen molar-refractivity contribution in [3.63, 3.8) is 0 Å². The number of likely N-dealkylation sites (tertiary alicyclic amines) is 1. The lowest BCUT2D eigenvalue weighted by Crippen LogP contribution is -2.34. The maximum Gasteiger partial charge on any atom is 0.308 e. The second-order valence-electron chi connectivity index (χ2n) is 6.62. The highest BCUT2D eigenvalue weighted by Gasteiger charge is 2.40. The topological polar surface area (TPSA) is 66.8 Å². The van der Waals surface area contributed by atoms with Gasteiger partial charge in [-0.3, -0.25) is 9.59 Å². The van der Waals surface area contributed by atoms with Gasteiger partial charge in [0.15, 0.2) is 0 Å². The predicted octanol–water partition coefficient (Wildman–Crippen LogP) is 2.93. The normalized spacial score (nSPS) is 24.5. The van der Waals surface area contributed by atoms with Crippen LogP contribution in [0.3, 0.4) is 0 Å². The van der Waals surface area contributed by atoms with Gasteiger partial charge >= 0.3 is 5.97 Å². The summed E-state index contributed by atoms with van der Waals surface area (Å²) in [6.07, 6.45) is 4.51. The first-order chi connectivity index (χ1) is 11.5. The molecule has 1 saturated heterocycles. The van der Waals surface area contributed by atoms with Crippen LogP contribution >= 0.6 is 11.6 Å². The maximum absolute atomic E-state index is 12.4. The zero-order valence-corrected chi connectivity index (χ0v) is 14.2. The number of carbonyl (C=O) groups is 2. The standard InChI is InChI=1S/C18H22ClNO4/c19-13-7-5-12(6-8-13)15-9-20(10-16(15)18(22)23)17(21)11-24-14-3-1-2-4-14/h5-8,14-16H,1-4,9-11H2,(H,22,23)/t15-,16+/m0/s1. The number of carboxylic acid groups (broad SMARTS) is 1. The first-order valence-corrected chi connectivity index (χ1v) is 8.80. The Bertz CT molecular complexity index is 598. The van der Waals surface area contributed by atoms with Gasteiger partial charge in [0.2, 0.25) is 5.91 Å². The van der Waals surface area contributed by atoms with E-state index in [0.717, 1.165) is 31.2 Å². The van der Waals surface area contributed by atoms with Crippen LogP contribution in [0, 0.1) is 5.92 Å². The lowest BCUT2D eigenvalue weighted by molar-refractivity contribution is -0.142. The third-order valence-electron chi connectivity index (χ3n) is 5.03. The van der Waals surface area contributed by atoms with Crippen molar-refractivity contribution in [1.29, 1.82) is 0 Å². The summed E-state index contributed by atoms with van der Waals surface area (Å²) in [4.78, 5) is 25.6. The molecule has 6 heteroatoms. The van der Waals surface area contributed by atoms with E-state index in [-0.39, 0.29) is 31.1 Å². The van der Waals surface area contributed by atoms with Crippen LogP contribution < -0.4 is 0 Å². The highest BCUT2D eigenvalue weighted by molar-refractivity contribution is 6.30. The van der Waals surface area contributed by atoms with E-state index in [4.69, 9.17) is 16.3 Å². The summed E-state index contributed by atoms with van der Waals surface area (Å²) < 4.78 is 5.67. The molecule has 3 rings (SSSR count). The van der Waals surface area contributed by atoms with Crippen LogP contribution in [0.1, 0.15) is 37.2 Å². The molecule has 1 amide bonds. The summed E-state index contributed by atoms with van der Waals surface area (Å²) in [6, 6.07) is 7.19. The first kappa shape index (κ1) is 17.2. The van der Waals surface area contributed by atoms with Crippen molar-refractivity contribution in [2.75, 3.05) is 19.7 Å².